The number of allylic oxidation sites excluding steroid dienone is 2. The summed E-state index contributed by atoms with van der Waals surface area (Å²) in [4.78, 5) is 1.59. The Hall–Kier alpha value is 0.741. The molecule has 1 aromatic carbocycles. The van der Waals surface area contributed by atoms with Crippen LogP contribution in [0, 0.1) is 25.2 Å². The molecular formula is C24H38Cl2N2SSiTi-2. The van der Waals surface area contributed by atoms with Crippen LogP contribution in [0.4, 0.5) is 0 Å². The number of piperazine rings is 1. The Morgan fingerprint density at radius 3 is 2.26 bits per heavy atom. The van der Waals surface area contributed by atoms with E-state index in [1.807, 2.05) is 0 Å². The zero-order valence-corrected chi connectivity index (χ0v) is 24.8. The van der Waals surface area contributed by atoms with Crippen LogP contribution in [0.5, 0.6) is 0 Å². The van der Waals surface area contributed by atoms with E-state index in [2.05, 4.69) is 85.8 Å². The first-order valence-corrected chi connectivity index (χ1v) is 19.3. The summed E-state index contributed by atoms with van der Waals surface area (Å²) in [5.41, 5.74) is 4.01. The molecule has 1 saturated carbocycles. The zero-order chi connectivity index (χ0) is 21.9. The monoisotopic (exact) mass is 532 g/mol. The van der Waals surface area contributed by atoms with Crippen LogP contribution in [0.15, 0.2) is 35.2 Å². The number of hydrogen-bond donors (Lipinski definition) is 0. The average Bonchev–Trinajstić information content (AvgIpc) is 3.24. The van der Waals surface area contributed by atoms with Crippen LogP contribution in [-0.2, 0) is 17.0 Å². The number of halogens is 2. The minimum atomic E-state index is -1.52. The van der Waals surface area contributed by atoms with Crippen LogP contribution in [0.3, 0.4) is 0 Å². The topological polar surface area (TPSA) is 17.3 Å². The molecule has 0 bridgehead atoms. The van der Waals surface area contributed by atoms with Gasteiger partial charge in [0, 0.05) is 5.25 Å². The molecule has 0 spiro atoms. The number of benzene rings is 1. The molecule has 2 heterocycles. The maximum absolute atomic E-state index is 4.89. The van der Waals surface area contributed by atoms with Crippen molar-refractivity contribution in [3.05, 3.63) is 53.5 Å². The zero-order valence-electron chi connectivity index (χ0n) is 19.9. The molecule has 2 nitrogen and oxygen atoms in total. The van der Waals surface area contributed by atoms with Gasteiger partial charge in [0.25, 0.3) is 0 Å². The summed E-state index contributed by atoms with van der Waals surface area (Å²) in [7, 11) is 8.26. The average molecular weight is 534 g/mol. The minimum absolute atomic E-state index is 0. The van der Waals surface area contributed by atoms with Gasteiger partial charge in [-0.15, -0.1) is 24.9 Å². The molecule has 31 heavy (non-hydrogen) atoms. The SMILES string of the molecule is CC1=C(c2ccccc2)C2CC(C(C)C)C([Si](C)(C)N3CC[N-]CC3)C2S1.[CH3-].[Cl][Ti][Cl]. The Morgan fingerprint density at radius 1 is 1.13 bits per heavy atom. The van der Waals surface area contributed by atoms with Crippen LogP contribution in [0.25, 0.3) is 10.9 Å². The van der Waals surface area contributed by atoms with Gasteiger partial charge in [-0.05, 0) is 65.8 Å². The van der Waals surface area contributed by atoms with Crippen molar-refractivity contribution in [2.45, 2.75) is 51.1 Å². The van der Waals surface area contributed by atoms with E-state index >= 15 is 0 Å². The standard InChI is InChI=1S/C23H35N2SSi.CH3.2ClH.Ti/c1-16(2)19-15-20-21(18-9-7-6-8-10-18)17(3)26-22(20)23(19)27(4,5)25-13-11-24-12-14-25;;;;/h6-10,16,19-20,22-23H,11-15H2,1-5H3;1H3;2*1H;/q2*-1;;;+2/p-2. The first kappa shape index (κ1) is 28.0. The van der Waals surface area contributed by atoms with Crippen LogP contribution >= 0.6 is 30.4 Å². The molecule has 4 rings (SSSR count). The van der Waals surface area contributed by atoms with Gasteiger partial charge >= 0.3 is 35.6 Å². The van der Waals surface area contributed by atoms with Crippen LogP contribution < -0.4 is 0 Å². The molecule has 2 aliphatic heterocycles. The molecular weight excluding hydrogens is 495 g/mol. The van der Waals surface area contributed by atoms with Gasteiger partial charge < -0.3 is 17.3 Å². The second kappa shape index (κ2) is 12.4. The molecule has 3 aliphatic rings. The fourth-order valence-corrected chi connectivity index (χ4v) is 13.2. The summed E-state index contributed by atoms with van der Waals surface area (Å²) in [5, 5.41) is 5.40. The third kappa shape index (κ3) is 6.06. The molecule has 1 saturated heterocycles. The van der Waals surface area contributed by atoms with Crippen LogP contribution in [0.2, 0.25) is 18.6 Å². The van der Waals surface area contributed by atoms with Gasteiger partial charge in [0.1, 0.15) is 8.24 Å². The summed E-state index contributed by atoms with van der Waals surface area (Å²) < 4.78 is 2.89. The van der Waals surface area contributed by atoms with Gasteiger partial charge in [-0.1, -0.05) is 57.3 Å². The Morgan fingerprint density at radius 2 is 1.71 bits per heavy atom. The van der Waals surface area contributed by atoms with Crippen molar-refractivity contribution in [3.63, 3.8) is 0 Å². The third-order valence-corrected chi connectivity index (χ3v) is 13.6. The van der Waals surface area contributed by atoms with Crippen molar-refractivity contribution in [1.82, 2.24) is 4.57 Å². The summed E-state index contributed by atoms with van der Waals surface area (Å²) in [6.45, 7) is 17.1. The fourth-order valence-electron chi connectivity index (χ4n) is 6.08. The van der Waals surface area contributed by atoms with Gasteiger partial charge in [-0.2, -0.15) is 0 Å². The summed E-state index contributed by atoms with van der Waals surface area (Å²) in [5.74, 6) is 2.38. The van der Waals surface area contributed by atoms with Crippen molar-refractivity contribution in [1.29, 1.82) is 0 Å². The van der Waals surface area contributed by atoms with E-state index in [4.69, 9.17) is 18.6 Å². The van der Waals surface area contributed by atoms with E-state index in [1.165, 1.54) is 25.1 Å². The Balaban J connectivity index is 0.000000808. The van der Waals surface area contributed by atoms with Crippen molar-refractivity contribution >= 4 is 44.2 Å². The molecule has 4 atom stereocenters. The van der Waals surface area contributed by atoms with Crippen LogP contribution in [0.1, 0.15) is 32.8 Å². The van der Waals surface area contributed by atoms with E-state index in [0.29, 0.717) is 0 Å². The molecule has 4 unspecified atom stereocenters. The fraction of sp³-hybridized carbons (Fsp3) is 0.625. The van der Waals surface area contributed by atoms with E-state index in [1.54, 1.807) is 10.5 Å². The Bertz CT molecular complexity index is 726. The summed E-state index contributed by atoms with van der Waals surface area (Å²) >= 11 is 1.67. The normalized spacial score (nSPS) is 28.6. The van der Waals surface area contributed by atoms with Crippen molar-refractivity contribution in [2.75, 3.05) is 26.2 Å². The Kier molecular flexibility index (Phi) is 11.2. The second-order valence-corrected chi connectivity index (χ2v) is 18.2. The summed E-state index contributed by atoms with van der Waals surface area (Å²) in [6, 6.07) is 11.2. The van der Waals surface area contributed by atoms with E-state index in [0.717, 1.165) is 41.6 Å². The van der Waals surface area contributed by atoms with Gasteiger partial charge in [-0.25, -0.2) is 0 Å². The molecule has 0 radical (unpaired) electrons. The number of rotatable bonds is 4. The van der Waals surface area contributed by atoms with Crippen molar-refractivity contribution < 1.29 is 17.0 Å². The molecule has 7 heteroatoms. The first-order chi connectivity index (χ1) is 14.3. The van der Waals surface area contributed by atoms with Crippen molar-refractivity contribution in [2.24, 2.45) is 17.8 Å². The second-order valence-electron chi connectivity index (χ2n) is 9.58. The van der Waals surface area contributed by atoms with Gasteiger partial charge in [0.15, 0.2) is 0 Å². The first-order valence-electron chi connectivity index (χ1n) is 11.1. The summed E-state index contributed by atoms with van der Waals surface area (Å²) in [6.07, 6.45) is 1.39. The molecule has 0 N–H and O–H groups in total. The molecule has 0 amide bonds. The van der Waals surface area contributed by atoms with Gasteiger partial charge in [0.05, 0.1) is 0 Å². The van der Waals surface area contributed by atoms with Crippen molar-refractivity contribution in [3.8, 4) is 0 Å². The van der Waals surface area contributed by atoms with E-state index in [-0.39, 0.29) is 7.43 Å². The third-order valence-electron chi connectivity index (χ3n) is 7.43. The van der Waals surface area contributed by atoms with Crippen LogP contribution in [-0.4, -0.2) is 44.2 Å². The molecule has 1 aromatic rings. The number of hydrogen-bond acceptors (Lipinski definition) is 2. The number of thioether (sulfide) groups is 1. The van der Waals surface area contributed by atoms with E-state index < -0.39 is 25.3 Å². The molecule has 1 aliphatic carbocycles. The predicted octanol–water partition coefficient (Wildman–Crippen LogP) is 7.92. The molecule has 2 fully saturated rings. The molecule has 174 valence electrons. The maximum atomic E-state index is 4.89. The molecule has 0 aromatic heterocycles. The number of fused-ring (bicyclic) bond motifs is 1. The predicted molar refractivity (Wildman–Crippen MR) is 141 cm³/mol. The quantitative estimate of drug-likeness (QED) is 0.289. The Labute approximate surface area is 213 Å². The van der Waals surface area contributed by atoms with Gasteiger partial charge in [-0.3, -0.25) is 0 Å². The van der Waals surface area contributed by atoms with Gasteiger partial charge in [0.2, 0.25) is 0 Å². The van der Waals surface area contributed by atoms with E-state index in [9.17, 15) is 0 Å². The number of nitrogens with zero attached hydrogens (tertiary/aromatic N) is 2.